The number of halogens is 1. The number of carbonyl (C=O) groups is 1. The van der Waals surface area contributed by atoms with Crippen LogP contribution in [0, 0.1) is 0 Å². The zero-order valence-electron chi connectivity index (χ0n) is 11.6. The van der Waals surface area contributed by atoms with Gasteiger partial charge in [0.1, 0.15) is 5.69 Å². The Hall–Kier alpha value is -2.08. The van der Waals surface area contributed by atoms with Crippen LogP contribution in [0.3, 0.4) is 0 Å². The van der Waals surface area contributed by atoms with E-state index >= 15 is 0 Å². The summed E-state index contributed by atoms with van der Waals surface area (Å²) in [5.74, 6) is 0. The molecule has 1 heterocycles. The molecule has 0 radical (unpaired) electrons. The summed E-state index contributed by atoms with van der Waals surface area (Å²) in [6.07, 6.45) is 3.86. The number of aryl methyl sites for hydroxylation is 1. The van der Waals surface area contributed by atoms with Gasteiger partial charge in [-0.25, -0.2) is 9.48 Å². The van der Waals surface area contributed by atoms with Gasteiger partial charge in [-0.3, -0.25) is 0 Å². The average molecular weight is 306 g/mol. The van der Waals surface area contributed by atoms with Gasteiger partial charge in [-0.15, -0.1) is 5.10 Å². The highest BCUT2D eigenvalue weighted by atomic mass is 35.5. The van der Waals surface area contributed by atoms with Crippen molar-refractivity contribution in [3.8, 4) is 0 Å². The fourth-order valence-electron chi connectivity index (χ4n) is 2.64. The molecule has 0 aliphatic heterocycles. The lowest BCUT2D eigenvalue weighted by atomic mass is 10.1. The molecule has 2 aromatic rings. The van der Waals surface area contributed by atoms with Gasteiger partial charge in [0.2, 0.25) is 0 Å². The number of amides is 2. The lowest BCUT2D eigenvalue weighted by Crippen LogP contribution is -2.32. The Kier molecular flexibility index (Phi) is 3.79. The summed E-state index contributed by atoms with van der Waals surface area (Å²) in [6, 6.07) is 5.94. The number of aromatic nitrogens is 3. The molecule has 2 N–H and O–H groups in total. The minimum atomic E-state index is -0.231. The fraction of sp³-hybridized carbons (Fsp3) is 0.357. The highest BCUT2D eigenvalue weighted by molar-refractivity contribution is 6.30. The molecule has 0 unspecified atom stereocenters. The van der Waals surface area contributed by atoms with E-state index in [2.05, 4.69) is 27.0 Å². The minimum Gasteiger partial charge on any atom is -0.341 e. The molecule has 1 aliphatic rings. The summed E-state index contributed by atoms with van der Waals surface area (Å²) in [6.45, 7) is 0.361. The van der Waals surface area contributed by atoms with Gasteiger partial charge in [0.05, 0.1) is 18.8 Å². The second-order valence-corrected chi connectivity index (χ2v) is 5.46. The maximum absolute atomic E-state index is 11.2. The maximum Gasteiger partial charge on any atom is 0.314 e. The van der Waals surface area contributed by atoms with Gasteiger partial charge < -0.3 is 10.6 Å². The van der Waals surface area contributed by atoms with Crippen molar-refractivity contribution in [3.05, 3.63) is 46.2 Å². The second kappa shape index (κ2) is 5.73. The Bertz CT molecular complexity index is 669. The molecule has 110 valence electrons. The van der Waals surface area contributed by atoms with Crippen molar-refractivity contribution in [2.45, 2.75) is 25.4 Å². The number of nitrogens with zero attached hydrogens (tertiary/aromatic N) is 3. The van der Waals surface area contributed by atoms with Gasteiger partial charge in [-0.1, -0.05) is 22.9 Å². The second-order valence-electron chi connectivity index (χ2n) is 5.02. The number of hydrogen-bond donors (Lipinski definition) is 2. The molecular formula is C14H16ClN5O. The van der Waals surface area contributed by atoms with Crippen LogP contribution in [0.2, 0.25) is 5.02 Å². The highest BCUT2D eigenvalue weighted by Gasteiger charge is 2.25. The first kappa shape index (κ1) is 13.9. The topological polar surface area (TPSA) is 71.8 Å². The zero-order valence-corrected chi connectivity index (χ0v) is 12.4. The average Bonchev–Trinajstić information content (AvgIpc) is 3.10. The molecule has 0 saturated carbocycles. The summed E-state index contributed by atoms with van der Waals surface area (Å²) in [7, 11) is 1.58. The first-order valence-corrected chi connectivity index (χ1v) is 7.20. The molecule has 1 aromatic heterocycles. The summed E-state index contributed by atoms with van der Waals surface area (Å²) < 4.78 is 1.86. The predicted octanol–water partition coefficient (Wildman–Crippen LogP) is 1.90. The molecule has 0 fully saturated rings. The molecule has 3 rings (SSSR count). The highest BCUT2D eigenvalue weighted by Crippen LogP contribution is 2.35. The van der Waals surface area contributed by atoms with Gasteiger partial charge in [0.15, 0.2) is 0 Å². The largest absolute Gasteiger partial charge is 0.341 e. The Balaban J connectivity index is 1.75. The van der Waals surface area contributed by atoms with E-state index in [1.54, 1.807) is 7.05 Å². The van der Waals surface area contributed by atoms with E-state index < -0.39 is 0 Å². The molecule has 0 bridgehead atoms. The van der Waals surface area contributed by atoms with Gasteiger partial charge in [-0.2, -0.15) is 0 Å². The van der Waals surface area contributed by atoms with Crippen molar-refractivity contribution in [2.75, 3.05) is 7.05 Å². The number of fused-ring (bicyclic) bond motifs is 1. The van der Waals surface area contributed by atoms with Gasteiger partial charge in [0.25, 0.3) is 0 Å². The van der Waals surface area contributed by atoms with E-state index in [0.29, 0.717) is 6.54 Å². The minimum absolute atomic E-state index is 0.193. The third kappa shape index (κ3) is 2.85. The van der Waals surface area contributed by atoms with Gasteiger partial charge >= 0.3 is 6.03 Å². The Morgan fingerprint density at radius 3 is 3.19 bits per heavy atom. The van der Waals surface area contributed by atoms with E-state index in [-0.39, 0.29) is 12.1 Å². The molecule has 1 aliphatic carbocycles. The maximum atomic E-state index is 11.2. The summed E-state index contributed by atoms with van der Waals surface area (Å²) in [5, 5.41) is 14.2. The van der Waals surface area contributed by atoms with Crippen molar-refractivity contribution in [1.82, 2.24) is 25.6 Å². The van der Waals surface area contributed by atoms with Crippen molar-refractivity contribution >= 4 is 17.6 Å². The van der Waals surface area contributed by atoms with E-state index in [1.165, 1.54) is 11.1 Å². The zero-order chi connectivity index (χ0) is 14.8. The lowest BCUT2D eigenvalue weighted by molar-refractivity contribution is 0.242. The summed E-state index contributed by atoms with van der Waals surface area (Å²) in [4.78, 5) is 11.2. The number of hydrogen-bond acceptors (Lipinski definition) is 3. The van der Waals surface area contributed by atoms with Crippen LogP contribution in [0.15, 0.2) is 24.4 Å². The quantitative estimate of drug-likeness (QED) is 0.909. The molecule has 1 aromatic carbocycles. The number of rotatable bonds is 3. The van der Waals surface area contributed by atoms with Crippen LogP contribution >= 0.6 is 11.6 Å². The van der Waals surface area contributed by atoms with Crippen molar-refractivity contribution < 1.29 is 4.79 Å². The smallest absolute Gasteiger partial charge is 0.314 e. The van der Waals surface area contributed by atoms with Crippen LogP contribution in [0.25, 0.3) is 0 Å². The Morgan fingerprint density at radius 2 is 2.38 bits per heavy atom. The SMILES string of the molecule is CNC(=O)NCc1cn([C@@H]2CCc3cc(Cl)ccc32)nn1. The monoisotopic (exact) mass is 305 g/mol. The Labute approximate surface area is 127 Å². The molecule has 2 amide bonds. The standard InChI is InChI=1S/C14H16ClN5O/c1-16-14(21)17-7-11-8-20(19-18-11)13-5-2-9-6-10(15)3-4-12(9)13/h3-4,6,8,13H,2,5,7H2,1H3,(H2,16,17,21)/t13-/m1/s1. The van der Waals surface area contributed by atoms with Crippen molar-refractivity contribution in [2.24, 2.45) is 0 Å². The number of benzene rings is 1. The first-order valence-electron chi connectivity index (χ1n) is 6.82. The lowest BCUT2D eigenvalue weighted by Gasteiger charge is -2.11. The first-order chi connectivity index (χ1) is 10.2. The van der Waals surface area contributed by atoms with E-state index in [0.717, 1.165) is 23.6 Å². The van der Waals surface area contributed by atoms with E-state index in [9.17, 15) is 4.79 Å². The van der Waals surface area contributed by atoms with Crippen LogP contribution < -0.4 is 10.6 Å². The third-order valence-corrected chi connectivity index (χ3v) is 3.92. The van der Waals surface area contributed by atoms with Crippen LogP contribution in [-0.2, 0) is 13.0 Å². The number of urea groups is 1. The van der Waals surface area contributed by atoms with Crippen LogP contribution in [0.4, 0.5) is 4.79 Å². The van der Waals surface area contributed by atoms with Crippen LogP contribution in [0.5, 0.6) is 0 Å². The van der Waals surface area contributed by atoms with E-state index in [4.69, 9.17) is 11.6 Å². The van der Waals surface area contributed by atoms with Crippen molar-refractivity contribution in [3.63, 3.8) is 0 Å². The molecule has 7 heteroatoms. The molecule has 21 heavy (non-hydrogen) atoms. The van der Waals surface area contributed by atoms with Crippen LogP contribution in [0.1, 0.15) is 29.3 Å². The molecular weight excluding hydrogens is 290 g/mol. The van der Waals surface area contributed by atoms with Crippen molar-refractivity contribution in [1.29, 1.82) is 0 Å². The number of carbonyl (C=O) groups excluding carboxylic acids is 1. The molecule has 1 atom stereocenters. The van der Waals surface area contributed by atoms with Gasteiger partial charge in [-0.05, 0) is 36.1 Å². The molecule has 0 spiro atoms. The Morgan fingerprint density at radius 1 is 1.52 bits per heavy atom. The van der Waals surface area contributed by atoms with Crippen LogP contribution in [-0.4, -0.2) is 28.1 Å². The predicted molar refractivity (Wildman–Crippen MR) is 79.2 cm³/mol. The molecule has 6 nitrogen and oxygen atoms in total. The normalized spacial score (nSPS) is 16.6. The van der Waals surface area contributed by atoms with E-state index in [1.807, 2.05) is 23.0 Å². The molecule has 0 saturated heterocycles. The summed E-state index contributed by atoms with van der Waals surface area (Å²) in [5.41, 5.74) is 3.25. The summed E-state index contributed by atoms with van der Waals surface area (Å²) >= 11 is 6.02. The van der Waals surface area contributed by atoms with Gasteiger partial charge in [0, 0.05) is 12.1 Å². The fourth-order valence-corrected chi connectivity index (χ4v) is 2.84. The number of nitrogens with one attached hydrogen (secondary N) is 2. The third-order valence-electron chi connectivity index (χ3n) is 3.69.